The van der Waals surface area contributed by atoms with Crippen molar-refractivity contribution >= 4 is 23.2 Å². The minimum atomic E-state index is -0.932. The van der Waals surface area contributed by atoms with E-state index in [2.05, 4.69) is 5.32 Å². The van der Waals surface area contributed by atoms with E-state index in [1.54, 1.807) is 13.8 Å². The van der Waals surface area contributed by atoms with Crippen LogP contribution in [0.4, 0.5) is 14.5 Å². The molecule has 0 spiro atoms. The number of hydrogen-bond donors (Lipinski definition) is 1. The maximum absolute atomic E-state index is 13.2. The molecule has 0 radical (unpaired) electrons. The number of hydrogen-bond acceptors (Lipinski definition) is 1. The summed E-state index contributed by atoms with van der Waals surface area (Å²) in [5, 5.41) is 2.33. The molecule has 0 aromatic heterocycles. The number of alkyl halides is 1. The quantitative estimate of drug-likeness (QED) is 0.518. The van der Waals surface area contributed by atoms with Gasteiger partial charge in [0.25, 0.3) is 0 Å². The van der Waals surface area contributed by atoms with Crippen LogP contribution in [-0.2, 0) is 26.5 Å². The first-order valence-corrected chi connectivity index (χ1v) is 5.15. The second kappa shape index (κ2) is 6.48. The Morgan fingerprint density at radius 1 is 1.47 bits per heavy atom. The van der Waals surface area contributed by atoms with Crippen molar-refractivity contribution in [1.82, 2.24) is 0 Å². The topological polar surface area (TPSA) is 29.1 Å². The van der Waals surface area contributed by atoms with Crippen molar-refractivity contribution in [3.05, 3.63) is 29.8 Å². The molecule has 0 aliphatic carbocycles. The normalized spacial score (nSPS) is 10.6. The van der Waals surface area contributed by atoms with Gasteiger partial charge < -0.3 is 5.32 Å². The van der Waals surface area contributed by atoms with Gasteiger partial charge in [-0.2, -0.15) is 0 Å². The molecule has 0 saturated carbocycles. The van der Waals surface area contributed by atoms with Crippen LogP contribution < -0.4 is 5.32 Å². The van der Waals surface area contributed by atoms with Gasteiger partial charge in [0.2, 0.25) is 5.91 Å². The van der Waals surface area contributed by atoms with Gasteiger partial charge >= 0.3 is 21.7 Å². The first kappa shape index (κ1) is 16.6. The molecule has 1 aromatic carbocycles. The van der Waals surface area contributed by atoms with E-state index in [9.17, 15) is 13.6 Å². The summed E-state index contributed by atoms with van der Waals surface area (Å²) in [7, 11) is 0. The third kappa shape index (κ3) is 4.38. The predicted molar refractivity (Wildman–Crippen MR) is 58.3 cm³/mol. The Kier molecular flexibility index (Phi) is 6.31. The molecule has 0 heterocycles. The molecule has 0 saturated heterocycles. The number of carbonyl (C=O) groups excluding carboxylic acids is 1. The average molecular weight is 295 g/mol. The number of anilines is 1. The molecule has 0 bridgehead atoms. The first-order chi connectivity index (χ1) is 7.36. The fourth-order valence-corrected chi connectivity index (χ4v) is 1.01. The summed E-state index contributed by atoms with van der Waals surface area (Å²) in [6, 6.07) is 4.00. The Morgan fingerprint density at radius 2 is 2.06 bits per heavy atom. The van der Waals surface area contributed by atoms with Crippen LogP contribution in [-0.4, -0.2) is 11.8 Å². The van der Waals surface area contributed by atoms with Crippen molar-refractivity contribution in [2.24, 2.45) is 5.41 Å². The van der Waals surface area contributed by atoms with E-state index >= 15 is 0 Å². The minimum Gasteiger partial charge on any atom is -0.376 e. The van der Waals surface area contributed by atoms with Crippen LogP contribution in [0.2, 0.25) is 0 Å². The molecule has 0 aliphatic heterocycles. The summed E-state index contributed by atoms with van der Waals surface area (Å²) in [6.45, 7) is 3.25. The van der Waals surface area contributed by atoms with Gasteiger partial charge in [-0.1, -0.05) is 0 Å². The second-order valence-electron chi connectivity index (χ2n) is 4.01. The largest absolute Gasteiger partial charge is 2.00 e. The number of benzene rings is 1. The Labute approximate surface area is 119 Å². The molecule has 1 N–H and O–H groups in total. The fraction of sp³-hybridized carbons (Fsp3) is 0.364. The van der Waals surface area contributed by atoms with Crippen molar-refractivity contribution in [3.63, 3.8) is 0 Å². The van der Waals surface area contributed by atoms with Crippen molar-refractivity contribution in [3.8, 4) is 0 Å². The number of rotatable bonds is 3. The number of amides is 1. The number of halogens is 3. The van der Waals surface area contributed by atoms with Crippen LogP contribution >= 0.6 is 11.6 Å². The van der Waals surface area contributed by atoms with Gasteiger partial charge in [-0.05, 0) is 19.5 Å². The summed E-state index contributed by atoms with van der Waals surface area (Å²) >= 11 is 5.60. The van der Waals surface area contributed by atoms with Gasteiger partial charge in [0.15, 0.2) is 0 Å². The molecule has 6 heteroatoms. The molecule has 1 aromatic rings. The summed E-state index contributed by atoms with van der Waals surface area (Å²) in [5.41, 5.74) is -0.924. The van der Waals surface area contributed by atoms with Crippen LogP contribution in [0.15, 0.2) is 12.1 Å². The monoisotopic (exact) mass is 294 g/mol. The molecule has 0 fully saturated rings. The van der Waals surface area contributed by atoms with E-state index < -0.39 is 23.0 Å². The van der Waals surface area contributed by atoms with Gasteiger partial charge in [0.1, 0.15) is 0 Å². The molecule has 90 valence electrons. The standard InChI is InChI=1S/C11H11ClF2NO.Ti/c1-11(2,6-12)10(16)15-9-4-3-7(13)5-8(9)14;/h3-4H,6H2,1-2H3,(H,15,16);/q-1;+2. The van der Waals surface area contributed by atoms with Gasteiger partial charge in [-0.25, -0.2) is 8.78 Å². The molecular formula is C11H11ClF2NOTi+. The summed E-state index contributed by atoms with van der Waals surface area (Å²) in [5.74, 6) is -2.07. The third-order valence-corrected chi connectivity index (χ3v) is 2.73. The van der Waals surface area contributed by atoms with E-state index in [0.29, 0.717) is 0 Å². The number of carbonyl (C=O) groups is 1. The van der Waals surface area contributed by atoms with Gasteiger partial charge in [-0.15, -0.1) is 29.8 Å². The van der Waals surface area contributed by atoms with Crippen LogP contribution in [0.5, 0.6) is 0 Å². The maximum atomic E-state index is 13.2. The molecule has 0 atom stereocenters. The van der Waals surface area contributed by atoms with E-state index in [1.165, 1.54) is 0 Å². The molecular weight excluding hydrogens is 283 g/mol. The maximum Gasteiger partial charge on any atom is 2.00 e. The van der Waals surface area contributed by atoms with Gasteiger partial charge in [-0.3, -0.25) is 4.79 Å². The third-order valence-electron chi connectivity index (χ3n) is 2.06. The minimum absolute atomic E-state index is 0. The molecule has 1 amide bonds. The first-order valence-electron chi connectivity index (χ1n) is 4.61. The van der Waals surface area contributed by atoms with Gasteiger partial charge in [0, 0.05) is 17.5 Å². The molecule has 1 rings (SSSR count). The predicted octanol–water partition coefficient (Wildman–Crippen LogP) is 2.97. The van der Waals surface area contributed by atoms with Gasteiger partial charge in [0.05, 0.1) is 5.41 Å². The van der Waals surface area contributed by atoms with Crippen molar-refractivity contribution in [1.29, 1.82) is 0 Å². The molecule has 0 aliphatic rings. The van der Waals surface area contributed by atoms with Crippen molar-refractivity contribution < 1.29 is 35.3 Å². The van der Waals surface area contributed by atoms with Crippen LogP contribution in [0, 0.1) is 23.1 Å². The Hall–Kier alpha value is -0.446. The molecule has 17 heavy (non-hydrogen) atoms. The number of nitrogens with one attached hydrogen (secondary N) is 1. The van der Waals surface area contributed by atoms with E-state index in [-0.39, 0.29) is 33.3 Å². The Morgan fingerprint density at radius 3 is 2.53 bits per heavy atom. The zero-order valence-electron chi connectivity index (χ0n) is 9.40. The summed E-state index contributed by atoms with van der Waals surface area (Å²) < 4.78 is 25.7. The SMILES string of the molecule is CC(C)(CCl)C(=O)Nc1ccc(F)[c-]c1F.[Ti+2]. The van der Waals surface area contributed by atoms with Crippen LogP contribution in [0.1, 0.15) is 13.8 Å². The molecule has 0 unspecified atom stereocenters. The van der Waals surface area contributed by atoms with Crippen LogP contribution in [0.3, 0.4) is 0 Å². The summed E-state index contributed by atoms with van der Waals surface area (Å²) in [4.78, 5) is 11.6. The summed E-state index contributed by atoms with van der Waals surface area (Å²) in [6.07, 6.45) is 0. The second-order valence-corrected chi connectivity index (χ2v) is 4.27. The van der Waals surface area contributed by atoms with Crippen molar-refractivity contribution in [2.45, 2.75) is 13.8 Å². The van der Waals surface area contributed by atoms with Crippen LogP contribution in [0.25, 0.3) is 0 Å². The molecule has 2 nitrogen and oxygen atoms in total. The Balaban J connectivity index is 0.00000256. The Bertz CT molecular complexity index is 412. The fourth-order valence-electron chi connectivity index (χ4n) is 0.892. The smallest absolute Gasteiger partial charge is 0.376 e. The van der Waals surface area contributed by atoms with E-state index in [4.69, 9.17) is 11.6 Å². The zero-order chi connectivity index (χ0) is 12.3. The zero-order valence-corrected chi connectivity index (χ0v) is 11.7. The van der Waals surface area contributed by atoms with E-state index in [0.717, 1.165) is 12.1 Å². The van der Waals surface area contributed by atoms with E-state index in [1.807, 2.05) is 6.07 Å². The average Bonchev–Trinajstić information content (AvgIpc) is 2.22. The van der Waals surface area contributed by atoms with Crippen molar-refractivity contribution in [2.75, 3.05) is 11.2 Å².